The summed E-state index contributed by atoms with van der Waals surface area (Å²) in [6, 6.07) is 4.42. The van der Waals surface area contributed by atoms with Crippen molar-refractivity contribution in [2.75, 3.05) is 5.32 Å². The largest absolute Gasteiger partial charge is 0.383 e. The molecule has 0 fully saturated rings. The Kier molecular flexibility index (Phi) is 4.75. The number of nitrogens with one attached hydrogen (secondary N) is 1. The van der Waals surface area contributed by atoms with E-state index < -0.39 is 23.2 Å². The number of benzene rings is 1. The Bertz CT molecular complexity index is 727. The van der Waals surface area contributed by atoms with Gasteiger partial charge in [0.1, 0.15) is 17.7 Å². The first-order chi connectivity index (χ1) is 10.7. The van der Waals surface area contributed by atoms with Gasteiger partial charge in [0.2, 0.25) is 5.91 Å². The number of rotatable bonds is 3. The van der Waals surface area contributed by atoms with Gasteiger partial charge in [0.25, 0.3) is 0 Å². The van der Waals surface area contributed by atoms with E-state index in [9.17, 15) is 18.7 Å². The Morgan fingerprint density at radius 1 is 1.22 bits per heavy atom. The minimum atomic E-state index is -1.35. The molecule has 23 heavy (non-hydrogen) atoms. The van der Waals surface area contributed by atoms with Crippen LogP contribution < -0.4 is 5.32 Å². The van der Waals surface area contributed by atoms with Crippen molar-refractivity contribution in [2.45, 2.75) is 26.9 Å². The van der Waals surface area contributed by atoms with E-state index in [1.165, 1.54) is 24.5 Å². The summed E-state index contributed by atoms with van der Waals surface area (Å²) in [5.74, 6) is -1.85. The monoisotopic (exact) mass is 320 g/mol. The zero-order valence-electron chi connectivity index (χ0n) is 13.1. The summed E-state index contributed by atoms with van der Waals surface area (Å²) >= 11 is 0. The van der Waals surface area contributed by atoms with Gasteiger partial charge in [0.15, 0.2) is 0 Å². The lowest BCUT2D eigenvalue weighted by molar-refractivity contribution is -0.123. The van der Waals surface area contributed by atoms with E-state index in [0.717, 1.165) is 6.07 Å². The Labute approximate surface area is 133 Å². The molecule has 6 heteroatoms. The smallest absolute Gasteiger partial charge is 0.229 e. The quantitative estimate of drug-likeness (QED) is 0.911. The molecule has 0 radical (unpaired) electrons. The Balaban J connectivity index is 2.38. The fourth-order valence-corrected chi connectivity index (χ4v) is 1.95. The summed E-state index contributed by atoms with van der Waals surface area (Å²) < 4.78 is 26.9. The molecule has 1 aromatic heterocycles. The average molecular weight is 320 g/mol. The second kappa shape index (κ2) is 6.42. The number of pyridine rings is 1. The number of hydrogen-bond donors (Lipinski definition) is 2. The molecule has 2 N–H and O–H groups in total. The lowest BCUT2D eigenvalue weighted by Crippen LogP contribution is -2.28. The summed E-state index contributed by atoms with van der Waals surface area (Å²) in [6.07, 6.45) is 1.45. The van der Waals surface area contributed by atoms with E-state index in [1.807, 2.05) is 0 Å². The van der Waals surface area contributed by atoms with Crippen molar-refractivity contribution in [3.63, 3.8) is 0 Å². The minimum Gasteiger partial charge on any atom is -0.383 e. The lowest BCUT2D eigenvalue weighted by atomic mass is 9.95. The van der Waals surface area contributed by atoms with Crippen LogP contribution in [0.2, 0.25) is 0 Å². The summed E-state index contributed by atoms with van der Waals surface area (Å²) in [4.78, 5) is 16.0. The fourth-order valence-electron chi connectivity index (χ4n) is 1.95. The zero-order chi connectivity index (χ0) is 17.2. The molecule has 0 bridgehead atoms. The SMILES string of the molecule is CC(C)(C)C(=O)Nc1cnccc1C(O)c1ccc(F)cc1F. The second-order valence-electron chi connectivity index (χ2n) is 6.24. The summed E-state index contributed by atoms with van der Waals surface area (Å²) in [5, 5.41) is 13.1. The fraction of sp³-hybridized carbons (Fsp3) is 0.294. The first-order valence-electron chi connectivity index (χ1n) is 7.08. The number of amides is 1. The van der Waals surface area contributed by atoms with E-state index in [0.29, 0.717) is 6.07 Å². The van der Waals surface area contributed by atoms with Crippen molar-refractivity contribution in [1.29, 1.82) is 0 Å². The van der Waals surface area contributed by atoms with Gasteiger partial charge in [-0.25, -0.2) is 8.78 Å². The van der Waals surface area contributed by atoms with E-state index in [2.05, 4.69) is 10.3 Å². The second-order valence-corrected chi connectivity index (χ2v) is 6.24. The molecule has 0 aliphatic heterocycles. The van der Waals surface area contributed by atoms with Crippen molar-refractivity contribution >= 4 is 11.6 Å². The highest BCUT2D eigenvalue weighted by Crippen LogP contribution is 2.30. The zero-order valence-corrected chi connectivity index (χ0v) is 13.1. The van der Waals surface area contributed by atoms with Crippen molar-refractivity contribution in [1.82, 2.24) is 4.98 Å². The number of aliphatic hydroxyl groups excluding tert-OH is 1. The number of aliphatic hydroxyl groups is 1. The van der Waals surface area contributed by atoms with Crippen LogP contribution in [-0.2, 0) is 4.79 Å². The lowest BCUT2D eigenvalue weighted by Gasteiger charge is -2.21. The molecule has 1 heterocycles. The van der Waals surface area contributed by atoms with Crippen LogP contribution in [-0.4, -0.2) is 16.0 Å². The van der Waals surface area contributed by atoms with Crippen LogP contribution in [0, 0.1) is 17.0 Å². The molecule has 122 valence electrons. The normalized spacial score (nSPS) is 12.8. The van der Waals surface area contributed by atoms with Crippen molar-refractivity contribution in [3.8, 4) is 0 Å². The predicted molar refractivity (Wildman–Crippen MR) is 82.7 cm³/mol. The molecule has 0 saturated carbocycles. The number of hydrogen-bond acceptors (Lipinski definition) is 3. The number of nitrogens with zero attached hydrogens (tertiary/aromatic N) is 1. The van der Waals surface area contributed by atoms with Gasteiger partial charge >= 0.3 is 0 Å². The minimum absolute atomic E-state index is 0.0798. The number of anilines is 1. The highest BCUT2D eigenvalue weighted by Gasteiger charge is 2.24. The van der Waals surface area contributed by atoms with E-state index >= 15 is 0 Å². The first-order valence-corrected chi connectivity index (χ1v) is 7.08. The Hall–Kier alpha value is -2.34. The van der Waals surface area contributed by atoms with E-state index in [1.54, 1.807) is 20.8 Å². The molecule has 1 unspecified atom stereocenters. The van der Waals surface area contributed by atoms with Gasteiger partial charge in [-0.15, -0.1) is 0 Å². The number of aromatic nitrogens is 1. The van der Waals surface area contributed by atoms with Gasteiger partial charge in [-0.2, -0.15) is 0 Å². The number of carbonyl (C=O) groups is 1. The standard InChI is InChI=1S/C17H18F2N2O2/c1-17(2,3)16(23)21-14-9-20-7-6-12(14)15(22)11-5-4-10(18)8-13(11)19/h4-9,15,22H,1-3H3,(H,21,23). The highest BCUT2D eigenvalue weighted by molar-refractivity contribution is 5.95. The van der Waals surface area contributed by atoms with Crippen LogP contribution in [0.25, 0.3) is 0 Å². The van der Waals surface area contributed by atoms with Crippen LogP contribution >= 0.6 is 0 Å². The third-order valence-electron chi connectivity index (χ3n) is 3.34. The maximum absolute atomic E-state index is 13.9. The van der Waals surface area contributed by atoms with Crippen molar-refractivity contribution in [2.24, 2.45) is 5.41 Å². The van der Waals surface area contributed by atoms with Crippen molar-refractivity contribution < 1.29 is 18.7 Å². The van der Waals surface area contributed by atoms with Crippen LogP contribution in [0.1, 0.15) is 38.0 Å². The van der Waals surface area contributed by atoms with Crippen LogP contribution in [0.4, 0.5) is 14.5 Å². The predicted octanol–water partition coefficient (Wildman–Crippen LogP) is 3.43. The molecule has 0 aliphatic carbocycles. The maximum atomic E-state index is 13.9. The van der Waals surface area contributed by atoms with Crippen LogP contribution in [0.3, 0.4) is 0 Å². The Morgan fingerprint density at radius 3 is 2.52 bits per heavy atom. The van der Waals surface area contributed by atoms with Gasteiger partial charge in [-0.05, 0) is 12.1 Å². The van der Waals surface area contributed by atoms with Gasteiger partial charge in [-0.1, -0.05) is 26.8 Å². The average Bonchev–Trinajstić information content (AvgIpc) is 2.46. The molecule has 2 aromatic rings. The molecule has 0 saturated heterocycles. The molecule has 1 aromatic carbocycles. The van der Waals surface area contributed by atoms with Crippen LogP contribution in [0.5, 0.6) is 0 Å². The Morgan fingerprint density at radius 2 is 1.91 bits per heavy atom. The third-order valence-corrected chi connectivity index (χ3v) is 3.34. The summed E-state index contributed by atoms with van der Waals surface area (Å²) in [7, 11) is 0. The van der Waals surface area contributed by atoms with E-state index in [4.69, 9.17) is 0 Å². The van der Waals surface area contributed by atoms with Gasteiger partial charge < -0.3 is 10.4 Å². The molecule has 0 aliphatic rings. The molecule has 1 atom stereocenters. The third kappa shape index (κ3) is 3.90. The topological polar surface area (TPSA) is 62.2 Å². The number of halogens is 2. The molecular formula is C17H18F2N2O2. The molecule has 1 amide bonds. The van der Waals surface area contributed by atoms with Gasteiger partial charge in [0.05, 0.1) is 11.9 Å². The summed E-state index contributed by atoms with van der Waals surface area (Å²) in [5.41, 5.74) is -0.158. The molecule has 2 rings (SSSR count). The van der Waals surface area contributed by atoms with Crippen molar-refractivity contribution in [3.05, 3.63) is 59.4 Å². The van der Waals surface area contributed by atoms with Gasteiger partial charge in [-0.3, -0.25) is 9.78 Å². The maximum Gasteiger partial charge on any atom is 0.229 e. The van der Waals surface area contributed by atoms with Gasteiger partial charge in [0, 0.05) is 28.8 Å². The summed E-state index contributed by atoms with van der Waals surface area (Å²) in [6.45, 7) is 5.23. The highest BCUT2D eigenvalue weighted by atomic mass is 19.1. The molecular weight excluding hydrogens is 302 g/mol. The molecule has 0 spiro atoms. The van der Waals surface area contributed by atoms with Crippen LogP contribution in [0.15, 0.2) is 36.7 Å². The van der Waals surface area contributed by atoms with E-state index in [-0.39, 0.29) is 22.7 Å². The number of carbonyl (C=O) groups excluding carboxylic acids is 1. The first kappa shape index (κ1) is 17.0. The molecule has 4 nitrogen and oxygen atoms in total.